The molecule has 0 saturated carbocycles. The van der Waals surface area contributed by atoms with Crippen LogP contribution in [0.3, 0.4) is 0 Å². The number of nitrogen functional groups attached to an aromatic ring is 1. The molecule has 0 bridgehead atoms. The minimum Gasteiger partial charge on any atom is -0.456 e. The minimum absolute atomic E-state index is 0.0135. The number of ether oxygens (including phenoxy) is 1. The van der Waals surface area contributed by atoms with E-state index in [1.54, 1.807) is 20.8 Å². The summed E-state index contributed by atoms with van der Waals surface area (Å²) in [4.78, 5) is 11.2. The summed E-state index contributed by atoms with van der Waals surface area (Å²) < 4.78 is 40.2. The lowest BCUT2D eigenvalue weighted by Crippen LogP contribution is -2.24. The first-order valence-corrected chi connectivity index (χ1v) is 6.88. The highest BCUT2D eigenvalue weighted by atomic mass is 32.3. The van der Waals surface area contributed by atoms with Crippen molar-refractivity contribution >= 4 is 21.9 Å². The molecule has 1 rings (SSSR count). The van der Waals surface area contributed by atoms with Gasteiger partial charge in [-0.25, -0.2) is 4.79 Å². The average molecular weight is 289 g/mol. The molecule has 2 N–H and O–H groups in total. The van der Waals surface area contributed by atoms with E-state index >= 15 is 0 Å². The molecule has 0 radical (unpaired) electrons. The second-order valence-electron chi connectivity index (χ2n) is 5.13. The summed E-state index contributed by atoms with van der Waals surface area (Å²) in [5.41, 5.74) is 4.81. The number of esters is 1. The van der Waals surface area contributed by atoms with E-state index in [0.717, 1.165) is 6.07 Å². The van der Waals surface area contributed by atoms with Crippen molar-refractivity contribution in [2.24, 2.45) is 0 Å². The molecule has 0 aliphatic carbocycles. The predicted molar refractivity (Wildman–Crippen MR) is 69.1 cm³/mol. The van der Waals surface area contributed by atoms with Crippen LogP contribution >= 0.6 is 0 Å². The van der Waals surface area contributed by atoms with E-state index in [0.29, 0.717) is 0 Å². The molecule has 1 aromatic rings. The Morgan fingerprint density at radius 2 is 1.84 bits per heavy atom. The molecule has 0 saturated heterocycles. The summed E-state index contributed by atoms with van der Waals surface area (Å²) in [7, 11) is -4.94. The Morgan fingerprint density at radius 3 is 2.26 bits per heavy atom. The Morgan fingerprint density at radius 1 is 1.32 bits per heavy atom. The molecular formula is C12H16FNO4S. The molecule has 1 aromatic carbocycles. The molecule has 0 aliphatic rings. The summed E-state index contributed by atoms with van der Waals surface area (Å²) in [5.74, 6) is -0.760. The number of hydrogen-bond acceptors (Lipinski definition) is 5. The number of carbonyl (C=O) groups excluding carboxylic acids is 1. The number of halogens is 1. The van der Waals surface area contributed by atoms with Crippen LogP contribution in [-0.4, -0.2) is 20.0 Å². The van der Waals surface area contributed by atoms with Gasteiger partial charge >= 0.3 is 16.2 Å². The van der Waals surface area contributed by atoms with Gasteiger partial charge in [0.2, 0.25) is 0 Å². The summed E-state index contributed by atoms with van der Waals surface area (Å²) in [6.07, 6.45) is 0. The Labute approximate surface area is 111 Å². The Balaban J connectivity index is 3.33. The van der Waals surface area contributed by atoms with Gasteiger partial charge in [-0.15, -0.1) is 3.89 Å². The van der Waals surface area contributed by atoms with Crippen LogP contribution in [0.15, 0.2) is 17.0 Å². The van der Waals surface area contributed by atoms with Gasteiger partial charge in [0.05, 0.1) is 5.56 Å². The fraction of sp³-hybridized carbons (Fsp3) is 0.417. The number of anilines is 1. The van der Waals surface area contributed by atoms with Crippen molar-refractivity contribution in [2.75, 3.05) is 5.73 Å². The van der Waals surface area contributed by atoms with Crippen LogP contribution in [0.5, 0.6) is 0 Å². The van der Waals surface area contributed by atoms with Crippen LogP contribution in [0, 0.1) is 6.92 Å². The zero-order valence-corrected chi connectivity index (χ0v) is 12.0. The smallest absolute Gasteiger partial charge is 0.338 e. The van der Waals surface area contributed by atoms with Crippen molar-refractivity contribution in [2.45, 2.75) is 38.2 Å². The molecule has 106 valence electrons. The van der Waals surface area contributed by atoms with Gasteiger partial charge in [-0.3, -0.25) is 0 Å². The van der Waals surface area contributed by atoms with Gasteiger partial charge in [-0.2, -0.15) is 8.42 Å². The quantitative estimate of drug-likeness (QED) is 0.512. The van der Waals surface area contributed by atoms with E-state index < -0.39 is 26.7 Å². The highest BCUT2D eigenvalue weighted by molar-refractivity contribution is 7.86. The molecule has 0 amide bonds. The first-order chi connectivity index (χ1) is 8.42. The third-order valence-electron chi connectivity index (χ3n) is 2.30. The number of rotatable bonds is 2. The lowest BCUT2D eigenvalue weighted by Gasteiger charge is -2.20. The van der Waals surface area contributed by atoms with Crippen molar-refractivity contribution in [3.05, 3.63) is 23.3 Å². The van der Waals surface area contributed by atoms with Crippen LogP contribution in [0.25, 0.3) is 0 Å². The van der Waals surface area contributed by atoms with Crippen LogP contribution in [0.1, 0.15) is 36.7 Å². The Kier molecular flexibility index (Phi) is 3.90. The normalized spacial score (nSPS) is 12.3. The number of carbonyl (C=O) groups is 1. The molecule has 0 unspecified atom stereocenters. The van der Waals surface area contributed by atoms with Gasteiger partial charge in [0, 0.05) is 5.69 Å². The van der Waals surface area contributed by atoms with E-state index in [-0.39, 0.29) is 16.8 Å². The first kappa shape index (κ1) is 15.4. The molecule has 0 atom stereocenters. The van der Waals surface area contributed by atoms with Gasteiger partial charge in [-0.05, 0) is 45.4 Å². The van der Waals surface area contributed by atoms with Gasteiger partial charge in [0.25, 0.3) is 0 Å². The zero-order chi connectivity index (χ0) is 15.0. The van der Waals surface area contributed by atoms with Gasteiger partial charge in [-0.1, -0.05) is 0 Å². The Bertz CT molecular complexity index is 617. The topological polar surface area (TPSA) is 86.5 Å². The summed E-state index contributed by atoms with van der Waals surface area (Å²) >= 11 is 0. The Hall–Kier alpha value is -1.63. The van der Waals surface area contributed by atoms with E-state index in [1.165, 1.54) is 13.0 Å². The molecule has 0 heterocycles. The molecule has 7 heteroatoms. The maximum atomic E-state index is 13.1. The molecule has 0 fully saturated rings. The second kappa shape index (κ2) is 4.80. The lowest BCUT2D eigenvalue weighted by molar-refractivity contribution is 0.00693. The van der Waals surface area contributed by atoms with Crippen molar-refractivity contribution in [1.82, 2.24) is 0 Å². The van der Waals surface area contributed by atoms with Crippen molar-refractivity contribution in [3.8, 4) is 0 Å². The predicted octanol–water partition coefficient (Wildman–Crippen LogP) is 2.19. The molecule has 19 heavy (non-hydrogen) atoms. The zero-order valence-electron chi connectivity index (χ0n) is 11.2. The first-order valence-electron chi connectivity index (χ1n) is 5.50. The summed E-state index contributed by atoms with van der Waals surface area (Å²) in [5, 5.41) is 0. The second-order valence-corrected chi connectivity index (χ2v) is 6.44. The maximum Gasteiger partial charge on any atom is 0.338 e. The van der Waals surface area contributed by atoms with Crippen LogP contribution in [0.4, 0.5) is 9.57 Å². The molecule has 5 nitrogen and oxygen atoms in total. The minimum atomic E-state index is -4.94. The lowest BCUT2D eigenvalue weighted by atomic mass is 10.1. The van der Waals surface area contributed by atoms with Gasteiger partial charge < -0.3 is 10.5 Å². The van der Waals surface area contributed by atoms with Crippen LogP contribution < -0.4 is 5.73 Å². The molecular weight excluding hydrogens is 273 g/mol. The van der Waals surface area contributed by atoms with Crippen LogP contribution in [0.2, 0.25) is 0 Å². The van der Waals surface area contributed by atoms with Crippen molar-refractivity contribution < 1.29 is 21.8 Å². The van der Waals surface area contributed by atoms with Crippen molar-refractivity contribution in [3.63, 3.8) is 0 Å². The van der Waals surface area contributed by atoms with Gasteiger partial charge in [0.1, 0.15) is 10.5 Å². The van der Waals surface area contributed by atoms with Crippen molar-refractivity contribution in [1.29, 1.82) is 0 Å². The molecule has 0 aromatic heterocycles. The van der Waals surface area contributed by atoms with E-state index in [2.05, 4.69) is 0 Å². The SMILES string of the molecule is Cc1c(N)cc(C(=O)OC(C)(C)C)cc1S(=O)(=O)F. The molecule has 0 aliphatic heterocycles. The van der Waals surface area contributed by atoms with Crippen LogP contribution in [-0.2, 0) is 15.0 Å². The van der Waals surface area contributed by atoms with Gasteiger partial charge in [0.15, 0.2) is 0 Å². The number of nitrogens with two attached hydrogens (primary N) is 1. The van der Waals surface area contributed by atoms with E-state index in [9.17, 15) is 17.1 Å². The highest BCUT2D eigenvalue weighted by Gasteiger charge is 2.23. The third-order valence-corrected chi connectivity index (χ3v) is 3.25. The average Bonchev–Trinajstić information content (AvgIpc) is 2.17. The maximum absolute atomic E-state index is 13.1. The third kappa shape index (κ3) is 3.92. The fourth-order valence-electron chi connectivity index (χ4n) is 1.42. The summed E-state index contributed by atoms with van der Waals surface area (Å²) in [6.45, 7) is 6.35. The van der Waals surface area contributed by atoms with E-state index in [4.69, 9.17) is 10.5 Å². The van der Waals surface area contributed by atoms with E-state index in [1.807, 2.05) is 0 Å². The number of hydrogen-bond donors (Lipinski definition) is 1. The highest BCUT2D eigenvalue weighted by Crippen LogP contribution is 2.26. The molecule has 0 spiro atoms. The number of benzene rings is 1. The fourth-order valence-corrected chi connectivity index (χ4v) is 2.17. The monoisotopic (exact) mass is 289 g/mol. The standard InChI is InChI=1S/C12H16FNO4S/c1-7-9(14)5-8(6-10(7)19(13,16)17)11(15)18-12(2,3)4/h5-6H,14H2,1-4H3. The summed E-state index contributed by atoms with van der Waals surface area (Å²) in [6, 6.07) is 2.19. The largest absolute Gasteiger partial charge is 0.456 e.